The second kappa shape index (κ2) is 6.68. The van der Waals surface area contributed by atoms with Crippen LogP contribution in [-0.4, -0.2) is 47.5 Å². The van der Waals surface area contributed by atoms with Crippen molar-refractivity contribution in [2.24, 2.45) is 0 Å². The van der Waals surface area contributed by atoms with Crippen LogP contribution in [0.5, 0.6) is 0 Å². The second-order valence-corrected chi connectivity index (χ2v) is 4.11. The van der Waals surface area contributed by atoms with E-state index in [0.717, 1.165) is 45.0 Å². The van der Waals surface area contributed by atoms with Gasteiger partial charge in [0.15, 0.2) is 0 Å². The minimum atomic E-state index is 0.264. The molecule has 1 aromatic heterocycles. The van der Waals surface area contributed by atoms with E-state index >= 15 is 0 Å². The first kappa shape index (κ1) is 12.5. The van der Waals surface area contributed by atoms with Crippen LogP contribution in [0.1, 0.15) is 19.0 Å². The van der Waals surface area contributed by atoms with Crippen LogP contribution in [0.15, 0.2) is 6.20 Å². The summed E-state index contributed by atoms with van der Waals surface area (Å²) in [4.78, 5) is 0. The zero-order valence-corrected chi connectivity index (χ0v) is 10.3. The first-order chi connectivity index (χ1) is 8.38. The summed E-state index contributed by atoms with van der Waals surface area (Å²) in [7, 11) is 0. The van der Waals surface area contributed by atoms with E-state index in [2.05, 4.69) is 22.6 Å². The van der Waals surface area contributed by atoms with E-state index in [1.54, 1.807) is 0 Å². The minimum Gasteiger partial charge on any atom is -0.379 e. The van der Waals surface area contributed by atoms with Crippen molar-refractivity contribution in [2.45, 2.75) is 32.5 Å². The maximum atomic E-state index is 5.67. The third-order valence-electron chi connectivity index (χ3n) is 2.70. The number of ether oxygens (including phenoxy) is 2. The summed E-state index contributed by atoms with van der Waals surface area (Å²) in [5.74, 6) is 0. The Labute approximate surface area is 101 Å². The third-order valence-corrected chi connectivity index (χ3v) is 2.70. The lowest BCUT2D eigenvalue weighted by atomic mass is 10.3. The van der Waals surface area contributed by atoms with E-state index in [1.807, 2.05) is 10.9 Å². The lowest BCUT2D eigenvalue weighted by Gasteiger charge is -2.08. The van der Waals surface area contributed by atoms with Gasteiger partial charge in [0, 0.05) is 19.3 Å². The lowest BCUT2D eigenvalue weighted by Crippen LogP contribution is -2.16. The highest BCUT2D eigenvalue weighted by atomic mass is 16.5. The summed E-state index contributed by atoms with van der Waals surface area (Å²) in [6, 6.07) is 0. The lowest BCUT2D eigenvalue weighted by molar-refractivity contribution is 0.0369. The molecule has 96 valence electrons. The molecule has 2 rings (SSSR count). The first-order valence-corrected chi connectivity index (χ1v) is 6.17. The molecule has 1 N–H and O–H groups in total. The molecule has 1 fully saturated rings. The average Bonchev–Trinajstić information content (AvgIpc) is 2.98. The molecule has 1 unspecified atom stereocenters. The Morgan fingerprint density at radius 3 is 3.35 bits per heavy atom. The second-order valence-electron chi connectivity index (χ2n) is 4.11. The molecule has 0 radical (unpaired) electrons. The predicted molar refractivity (Wildman–Crippen MR) is 62.6 cm³/mol. The van der Waals surface area contributed by atoms with Gasteiger partial charge in [-0.1, -0.05) is 12.1 Å². The van der Waals surface area contributed by atoms with Gasteiger partial charge >= 0.3 is 0 Å². The van der Waals surface area contributed by atoms with Gasteiger partial charge in [-0.05, 0) is 13.0 Å². The Bertz CT molecular complexity index is 323. The van der Waals surface area contributed by atoms with Gasteiger partial charge < -0.3 is 14.8 Å². The summed E-state index contributed by atoms with van der Waals surface area (Å²) in [5, 5.41) is 11.3. The molecule has 6 nitrogen and oxygen atoms in total. The van der Waals surface area contributed by atoms with Gasteiger partial charge in [0.05, 0.1) is 31.6 Å². The molecule has 1 aliphatic rings. The molecule has 0 aliphatic carbocycles. The van der Waals surface area contributed by atoms with E-state index in [4.69, 9.17) is 9.47 Å². The maximum absolute atomic E-state index is 5.67. The molecule has 1 aliphatic heterocycles. The van der Waals surface area contributed by atoms with Gasteiger partial charge in [-0.2, -0.15) is 0 Å². The van der Waals surface area contributed by atoms with E-state index in [1.165, 1.54) is 0 Å². The molecule has 2 heterocycles. The standard InChI is InChI=1S/C11H20N4O2/c1-2-12-7-10-8-15(14-13-10)4-6-17-11-3-5-16-9-11/h8,11-12H,2-7,9H2,1H3. The van der Waals surface area contributed by atoms with Crippen molar-refractivity contribution in [3.63, 3.8) is 0 Å². The fourth-order valence-electron chi connectivity index (χ4n) is 1.74. The topological polar surface area (TPSA) is 61.2 Å². The number of nitrogens with one attached hydrogen (secondary N) is 1. The van der Waals surface area contributed by atoms with Gasteiger partial charge in [0.1, 0.15) is 0 Å². The molecule has 0 amide bonds. The molecule has 0 saturated carbocycles. The fraction of sp³-hybridized carbons (Fsp3) is 0.818. The summed E-state index contributed by atoms with van der Waals surface area (Å²) in [5.41, 5.74) is 0.969. The maximum Gasteiger partial charge on any atom is 0.0964 e. The molecule has 0 bridgehead atoms. The van der Waals surface area contributed by atoms with Crippen LogP contribution in [0, 0.1) is 0 Å². The average molecular weight is 240 g/mol. The highest BCUT2D eigenvalue weighted by Gasteiger charge is 2.15. The van der Waals surface area contributed by atoms with Crippen LogP contribution in [0.2, 0.25) is 0 Å². The smallest absolute Gasteiger partial charge is 0.0964 e. The van der Waals surface area contributed by atoms with Crippen LogP contribution in [0.3, 0.4) is 0 Å². The summed E-state index contributed by atoms with van der Waals surface area (Å²) in [6.07, 6.45) is 3.22. The Kier molecular flexibility index (Phi) is 4.90. The van der Waals surface area contributed by atoms with Crippen molar-refractivity contribution >= 4 is 0 Å². The SMILES string of the molecule is CCNCc1cn(CCOC2CCOC2)nn1. The first-order valence-electron chi connectivity index (χ1n) is 6.17. The normalized spacial score (nSPS) is 19.9. The van der Waals surface area contributed by atoms with Gasteiger partial charge in [-0.25, -0.2) is 4.68 Å². The van der Waals surface area contributed by atoms with Gasteiger partial charge in [-0.3, -0.25) is 0 Å². The molecule has 17 heavy (non-hydrogen) atoms. The Morgan fingerprint density at radius 1 is 1.65 bits per heavy atom. The number of hydrogen-bond donors (Lipinski definition) is 1. The number of rotatable bonds is 7. The monoisotopic (exact) mass is 240 g/mol. The summed E-state index contributed by atoms with van der Waals surface area (Å²) >= 11 is 0. The predicted octanol–water partition coefficient (Wildman–Crippen LogP) is 0.193. The Hall–Kier alpha value is -0.980. The zero-order chi connectivity index (χ0) is 11.9. The van der Waals surface area contributed by atoms with E-state index in [0.29, 0.717) is 6.61 Å². The van der Waals surface area contributed by atoms with E-state index in [-0.39, 0.29) is 6.10 Å². The summed E-state index contributed by atoms with van der Waals surface area (Å²) in [6.45, 7) is 6.74. The van der Waals surface area contributed by atoms with Crippen LogP contribution in [0.4, 0.5) is 0 Å². The zero-order valence-electron chi connectivity index (χ0n) is 10.3. The van der Waals surface area contributed by atoms with Gasteiger partial charge in [0.25, 0.3) is 0 Å². The highest BCUT2D eigenvalue weighted by molar-refractivity contribution is 4.91. The van der Waals surface area contributed by atoms with Crippen molar-refractivity contribution in [3.8, 4) is 0 Å². The molecular formula is C11H20N4O2. The largest absolute Gasteiger partial charge is 0.379 e. The number of nitrogens with zero attached hydrogens (tertiary/aromatic N) is 3. The number of hydrogen-bond acceptors (Lipinski definition) is 5. The minimum absolute atomic E-state index is 0.264. The molecule has 1 aromatic rings. The van der Waals surface area contributed by atoms with Gasteiger partial charge in [-0.15, -0.1) is 5.10 Å². The molecule has 0 spiro atoms. The van der Waals surface area contributed by atoms with Gasteiger partial charge in [0.2, 0.25) is 0 Å². The molecule has 6 heteroatoms. The molecule has 0 aromatic carbocycles. The van der Waals surface area contributed by atoms with Crippen molar-refractivity contribution in [1.82, 2.24) is 20.3 Å². The van der Waals surface area contributed by atoms with Crippen LogP contribution < -0.4 is 5.32 Å². The molecule has 1 saturated heterocycles. The van der Waals surface area contributed by atoms with Crippen LogP contribution in [-0.2, 0) is 22.6 Å². The highest BCUT2D eigenvalue weighted by Crippen LogP contribution is 2.07. The van der Waals surface area contributed by atoms with E-state index < -0.39 is 0 Å². The molecular weight excluding hydrogens is 220 g/mol. The van der Waals surface area contributed by atoms with Crippen LogP contribution >= 0.6 is 0 Å². The fourth-order valence-corrected chi connectivity index (χ4v) is 1.74. The van der Waals surface area contributed by atoms with Crippen molar-refractivity contribution in [2.75, 3.05) is 26.4 Å². The van der Waals surface area contributed by atoms with Crippen molar-refractivity contribution in [3.05, 3.63) is 11.9 Å². The Morgan fingerprint density at radius 2 is 2.59 bits per heavy atom. The quantitative estimate of drug-likeness (QED) is 0.737. The Balaban J connectivity index is 1.65. The molecule has 1 atom stereocenters. The third kappa shape index (κ3) is 4.07. The van der Waals surface area contributed by atoms with Crippen LogP contribution in [0.25, 0.3) is 0 Å². The van der Waals surface area contributed by atoms with Crippen molar-refractivity contribution < 1.29 is 9.47 Å². The van der Waals surface area contributed by atoms with E-state index in [9.17, 15) is 0 Å². The summed E-state index contributed by atoms with van der Waals surface area (Å²) < 4.78 is 12.7. The number of aromatic nitrogens is 3. The van der Waals surface area contributed by atoms with Crippen molar-refractivity contribution in [1.29, 1.82) is 0 Å².